The highest BCUT2D eigenvalue weighted by Gasteiger charge is 2.33. The van der Waals surface area contributed by atoms with Crippen molar-refractivity contribution in [3.63, 3.8) is 0 Å². The summed E-state index contributed by atoms with van der Waals surface area (Å²) in [5.41, 5.74) is 2.21. The lowest BCUT2D eigenvalue weighted by Gasteiger charge is -2.40. The first-order chi connectivity index (χ1) is 11.1. The number of fused-ring (bicyclic) bond motifs is 1. The molecule has 6 heteroatoms. The minimum atomic E-state index is 0.0324. The third-order valence-electron chi connectivity index (χ3n) is 5.26. The molecule has 5 nitrogen and oxygen atoms in total. The van der Waals surface area contributed by atoms with E-state index in [0.717, 1.165) is 55.1 Å². The number of aromatic nitrogens is 2. The molecular formula is C17H25N3O2S. The molecule has 0 atom stereocenters. The molecule has 1 saturated heterocycles. The Morgan fingerprint density at radius 2 is 2.17 bits per heavy atom. The molecule has 2 aromatic rings. The zero-order valence-electron chi connectivity index (χ0n) is 13.9. The number of imidazole rings is 1. The highest BCUT2D eigenvalue weighted by molar-refractivity contribution is 7.15. The van der Waals surface area contributed by atoms with Crippen molar-refractivity contribution in [2.75, 3.05) is 19.7 Å². The molecule has 2 aromatic heterocycles. The quantitative estimate of drug-likeness (QED) is 0.914. The Bertz CT molecular complexity index is 677. The van der Waals surface area contributed by atoms with Crippen molar-refractivity contribution in [1.82, 2.24) is 14.3 Å². The van der Waals surface area contributed by atoms with Crippen molar-refractivity contribution in [3.8, 4) is 0 Å². The van der Waals surface area contributed by atoms with Gasteiger partial charge in [-0.2, -0.15) is 0 Å². The molecule has 0 spiro atoms. The summed E-state index contributed by atoms with van der Waals surface area (Å²) in [5, 5.41) is 11.7. The number of hydrogen-bond donors (Lipinski definition) is 1. The molecule has 3 rings (SSSR count). The normalized spacial score (nSPS) is 17.8. The SMILES string of the molecule is CCC1(CO)CCN(C(=O)CCc2csc3nc(C)cn23)CC1. The molecule has 0 aliphatic carbocycles. The Labute approximate surface area is 140 Å². The molecular weight excluding hydrogens is 310 g/mol. The van der Waals surface area contributed by atoms with Gasteiger partial charge in [0.1, 0.15) is 0 Å². The molecule has 1 N–H and O–H groups in total. The average molecular weight is 335 g/mol. The van der Waals surface area contributed by atoms with E-state index in [4.69, 9.17) is 0 Å². The van der Waals surface area contributed by atoms with E-state index in [1.54, 1.807) is 11.3 Å². The summed E-state index contributed by atoms with van der Waals surface area (Å²) < 4.78 is 2.09. The number of carbonyl (C=O) groups is 1. The smallest absolute Gasteiger partial charge is 0.222 e. The van der Waals surface area contributed by atoms with Crippen molar-refractivity contribution in [2.24, 2.45) is 5.41 Å². The first kappa shape index (κ1) is 16.5. The third-order valence-corrected chi connectivity index (χ3v) is 6.15. The van der Waals surface area contributed by atoms with Crippen LogP contribution in [-0.4, -0.2) is 45.0 Å². The molecule has 1 aliphatic rings. The van der Waals surface area contributed by atoms with Gasteiger partial charge in [0.05, 0.1) is 5.69 Å². The summed E-state index contributed by atoms with van der Waals surface area (Å²) in [6, 6.07) is 0. The fraction of sp³-hybridized carbons (Fsp3) is 0.647. The van der Waals surface area contributed by atoms with Crippen LogP contribution in [0.25, 0.3) is 4.96 Å². The molecule has 0 unspecified atom stereocenters. The van der Waals surface area contributed by atoms with E-state index >= 15 is 0 Å². The predicted octanol–water partition coefficient (Wildman–Crippen LogP) is 2.65. The van der Waals surface area contributed by atoms with Crippen LogP contribution in [0.5, 0.6) is 0 Å². The number of aliphatic hydroxyl groups is 1. The number of hydrogen-bond acceptors (Lipinski definition) is 4. The van der Waals surface area contributed by atoms with E-state index in [1.807, 2.05) is 18.0 Å². The van der Waals surface area contributed by atoms with Crippen molar-refractivity contribution in [3.05, 3.63) is 23.0 Å². The van der Waals surface area contributed by atoms with Gasteiger partial charge in [0.25, 0.3) is 0 Å². The standard InChI is InChI=1S/C17H25N3O2S/c1-3-17(12-21)6-8-19(9-7-17)15(22)5-4-14-11-23-16-18-13(2)10-20(14)16/h10-11,21H,3-9,12H2,1-2H3. The van der Waals surface area contributed by atoms with Gasteiger partial charge >= 0.3 is 0 Å². The fourth-order valence-electron chi connectivity index (χ4n) is 3.37. The summed E-state index contributed by atoms with van der Waals surface area (Å²) in [7, 11) is 0. The van der Waals surface area contributed by atoms with E-state index < -0.39 is 0 Å². The van der Waals surface area contributed by atoms with Crippen LogP contribution in [0.15, 0.2) is 11.6 Å². The maximum atomic E-state index is 12.5. The molecule has 1 amide bonds. The molecule has 0 bridgehead atoms. The number of aliphatic hydroxyl groups excluding tert-OH is 1. The van der Waals surface area contributed by atoms with Gasteiger partial charge in [0.15, 0.2) is 4.96 Å². The highest BCUT2D eigenvalue weighted by atomic mass is 32.1. The molecule has 1 fully saturated rings. The van der Waals surface area contributed by atoms with Crippen LogP contribution in [0.4, 0.5) is 0 Å². The molecule has 23 heavy (non-hydrogen) atoms. The molecule has 0 saturated carbocycles. The Hall–Kier alpha value is -1.40. The van der Waals surface area contributed by atoms with E-state index in [1.165, 1.54) is 0 Å². The predicted molar refractivity (Wildman–Crippen MR) is 91.8 cm³/mol. The number of piperidine rings is 1. The zero-order valence-corrected chi connectivity index (χ0v) is 14.7. The van der Waals surface area contributed by atoms with Crippen molar-refractivity contribution in [1.29, 1.82) is 0 Å². The van der Waals surface area contributed by atoms with Crippen molar-refractivity contribution in [2.45, 2.75) is 46.0 Å². The van der Waals surface area contributed by atoms with E-state index in [-0.39, 0.29) is 17.9 Å². The largest absolute Gasteiger partial charge is 0.396 e. The number of aryl methyl sites for hydroxylation is 2. The van der Waals surface area contributed by atoms with Gasteiger partial charge in [-0.1, -0.05) is 6.92 Å². The fourth-order valence-corrected chi connectivity index (χ4v) is 4.32. The van der Waals surface area contributed by atoms with Gasteiger partial charge in [0.2, 0.25) is 5.91 Å². The number of rotatable bonds is 5. The molecule has 0 aromatic carbocycles. The Morgan fingerprint density at radius 1 is 1.43 bits per heavy atom. The van der Waals surface area contributed by atoms with Crippen molar-refractivity contribution < 1.29 is 9.90 Å². The van der Waals surface area contributed by atoms with E-state index in [9.17, 15) is 9.90 Å². The average Bonchev–Trinajstić information content (AvgIpc) is 3.12. The maximum absolute atomic E-state index is 12.5. The van der Waals surface area contributed by atoms with E-state index in [0.29, 0.717) is 6.42 Å². The van der Waals surface area contributed by atoms with Crippen molar-refractivity contribution >= 4 is 22.2 Å². The second-order valence-electron chi connectivity index (χ2n) is 6.65. The number of carbonyl (C=O) groups excluding carboxylic acids is 1. The second kappa shape index (κ2) is 6.61. The summed E-state index contributed by atoms with van der Waals surface area (Å²) in [6.45, 7) is 5.90. The van der Waals surface area contributed by atoms with Gasteiger partial charge < -0.3 is 10.0 Å². The summed E-state index contributed by atoms with van der Waals surface area (Å²) in [6.07, 6.45) is 6.14. The summed E-state index contributed by atoms with van der Waals surface area (Å²) in [4.78, 5) is 19.9. The molecule has 0 radical (unpaired) electrons. The minimum Gasteiger partial charge on any atom is -0.396 e. The zero-order chi connectivity index (χ0) is 16.4. The number of thiazole rings is 1. The number of amides is 1. The van der Waals surface area contributed by atoms with Crippen LogP contribution < -0.4 is 0 Å². The van der Waals surface area contributed by atoms with Gasteiger partial charge in [0, 0.05) is 43.4 Å². The molecule has 3 heterocycles. The lowest BCUT2D eigenvalue weighted by atomic mass is 9.77. The van der Waals surface area contributed by atoms with Crippen LogP contribution in [0.1, 0.15) is 44.0 Å². The number of likely N-dealkylation sites (tertiary alicyclic amines) is 1. The van der Waals surface area contributed by atoms with Crippen LogP contribution in [0, 0.1) is 12.3 Å². The van der Waals surface area contributed by atoms with Crippen LogP contribution >= 0.6 is 11.3 Å². The summed E-state index contributed by atoms with van der Waals surface area (Å²) in [5.74, 6) is 0.226. The Balaban J connectivity index is 1.56. The lowest BCUT2D eigenvalue weighted by molar-refractivity contribution is -0.134. The van der Waals surface area contributed by atoms with Gasteiger partial charge in [-0.15, -0.1) is 11.3 Å². The van der Waals surface area contributed by atoms with Crippen LogP contribution in [0.3, 0.4) is 0 Å². The first-order valence-electron chi connectivity index (χ1n) is 8.37. The second-order valence-corrected chi connectivity index (χ2v) is 7.49. The monoisotopic (exact) mass is 335 g/mol. The highest BCUT2D eigenvalue weighted by Crippen LogP contribution is 2.34. The van der Waals surface area contributed by atoms with Gasteiger partial charge in [-0.05, 0) is 38.0 Å². The van der Waals surface area contributed by atoms with Crippen LogP contribution in [0.2, 0.25) is 0 Å². The first-order valence-corrected chi connectivity index (χ1v) is 9.25. The maximum Gasteiger partial charge on any atom is 0.222 e. The minimum absolute atomic E-state index is 0.0324. The van der Waals surface area contributed by atoms with Gasteiger partial charge in [-0.3, -0.25) is 9.20 Å². The Kier molecular flexibility index (Phi) is 4.73. The lowest BCUT2D eigenvalue weighted by Crippen LogP contribution is -2.44. The Morgan fingerprint density at radius 3 is 2.83 bits per heavy atom. The molecule has 126 valence electrons. The third kappa shape index (κ3) is 3.28. The number of nitrogens with zero attached hydrogens (tertiary/aromatic N) is 3. The topological polar surface area (TPSA) is 57.8 Å². The molecule has 1 aliphatic heterocycles. The van der Waals surface area contributed by atoms with Gasteiger partial charge in [-0.25, -0.2) is 4.98 Å². The van der Waals surface area contributed by atoms with Crippen LogP contribution in [-0.2, 0) is 11.2 Å². The summed E-state index contributed by atoms with van der Waals surface area (Å²) >= 11 is 1.63. The van der Waals surface area contributed by atoms with E-state index in [2.05, 4.69) is 21.7 Å².